The summed E-state index contributed by atoms with van der Waals surface area (Å²) in [6, 6.07) is 9.65. The number of nitrogens with one attached hydrogen (secondary N) is 1. The van der Waals surface area contributed by atoms with Crippen LogP contribution in [0.3, 0.4) is 0 Å². The number of benzene rings is 1. The summed E-state index contributed by atoms with van der Waals surface area (Å²) in [5, 5.41) is 3.31. The van der Waals surface area contributed by atoms with Crippen molar-refractivity contribution in [1.29, 1.82) is 0 Å². The Morgan fingerprint density at radius 2 is 2.15 bits per heavy atom. The largest absolute Gasteiger partial charge is 0.493 e. The Bertz CT molecular complexity index is 562. The van der Waals surface area contributed by atoms with Gasteiger partial charge in [-0.05, 0) is 40.2 Å². The minimum absolute atomic E-state index is 0.568. The van der Waals surface area contributed by atoms with E-state index in [0.717, 1.165) is 33.4 Å². The first-order valence-electron chi connectivity index (χ1n) is 6.11. The van der Waals surface area contributed by atoms with E-state index in [-0.39, 0.29) is 0 Å². The first-order valence-corrected chi connectivity index (χ1v) is 8.09. The molecule has 1 aromatic carbocycles. The number of hydrogen-bond donors (Lipinski definition) is 1. The average Bonchev–Trinajstić information content (AvgIpc) is 2.85. The van der Waals surface area contributed by atoms with Gasteiger partial charge in [0.2, 0.25) is 0 Å². The molecular formula is C14H15BrClNO2S. The summed E-state index contributed by atoms with van der Waals surface area (Å²) in [4.78, 5) is 1.22. The normalized spacial score (nSPS) is 10.6. The Morgan fingerprint density at radius 3 is 2.85 bits per heavy atom. The standard InChI is InChI=1S/C14H15BrClNO2S/c1-18-12-4-2-3-11(15)14(12)19-8-7-17-9-10-5-6-13(16)20-10/h2-6,17H,7-9H2,1H3. The molecule has 0 saturated carbocycles. The van der Waals surface area contributed by atoms with Gasteiger partial charge in [0.15, 0.2) is 11.5 Å². The highest BCUT2D eigenvalue weighted by molar-refractivity contribution is 9.10. The molecule has 0 aliphatic rings. The third kappa shape index (κ3) is 4.38. The molecule has 0 radical (unpaired) electrons. The van der Waals surface area contributed by atoms with Gasteiger partial charge in [-0.3, -0.25) is 0 Å². The molecule has 0 aliphatic heterocycles. The highest BCUT2D eigenvalue weighted by Gasteiger charge is 2.07. The van der Waals surface area contributed by atoms with E-state index in [2.05, 4.69) is 21.2 Å². The van der Waals surface area contributed by atoms with Gasteiger partial charge in [0.25, 0.3) is 0 Å². The molecular weight excluding hydrogens is 362 g/mol. The van der Waals surface area contributed by atoms with Crippen molar-refractivity contribution in [2.45, 2.75) is 6.54 Å². The first kappa shape index (κ1) is 15.6. The van der Waals surface area contributed by atoms with E-state index >= 15 is 0 Å². The minimum atomic E-state index is 0.568. The van der Waals surface area contributed by atoms with Gasteiger partial charge < -0.3 is 14.8 Å². The summed E-state index contributed by atoms with van der Waals surface area (Å²) in [7, 11) is 1.63. The Kier molecular flexibility index (Phi) is 6.16. The summed E-state index contributed by atoms with van der Waals surface area (Å²) in [6.45, 7) is 2.12. The highest BCUT2D eigenvalue weighted by Crippen LogP contribution is 2.34. The third-order valence-corrected chi connectivity index (χ3v) is 4.46. The van der Waals surface area contributed by atoms with E-state index in [0.29, 0.717) is 6.61 Å². The number of para-hydroxylation sites is 1. The first-order chi connectivity index (χ1) is 9.70. The lowest BCUT2D eigenvalue weighted by Gasteiger charge is -2.12. The Labute approximate surface area is 136 Å². The molecule has 0 bridgehead atoms. The second kappa shape index (κ2) is 7.88. The zero-order valence-electron chi connectivity index (χ0n) is 11.0. The van der Waals surface area contributed by atoms with Crippen LogP contribution in [0.4, 0.5) is 0 Å². The lowest BCUT2D eigenvalue weighted by molar-refractivity contribution is 0.290. The maximum absolute atomic E-state index is 5.88. The summed E-state index contributed by atoms with van der Waals surface area (Å²) < 4.78 is 12.7. The van der Waals surface area contributed by atoms with E-state index in [1.165, 1.54) is 4.88 Å². The summed E-state index contributed by atoms with van der Waals surface area (Å²) in [5.74, 6) is 1.46. The van der Waals surface area contributed by atoms with Crippen molar-refractivity contribution in [2.24, 2.45) is 0 Å². The van der Waals surface area contributed by atoms with Gasteiger partial charge in [0.1, 0.15) is 6.61 Å². The van der Waals surface area contributed by atoms with Crippen molar-refractivity contribution >= 4 is 38.9 Å². The maximum Gasteiger partial charge on any atom is 0.175 e. The highest BCUT2D eigenvalue weighted by atomic mass is 79.9. The van der Waals surface area contributed by atoms with E-state index in [4.69, 9.17) is 21.1 Å². The molecule has 108 valence electrons. The molecule has 0 fully saturated rings. The number of methoxy groups -OCH3 is 1. The van der Waals surface area contributed by atoms with Gasteiger partial charge in [0, 0.05) is 18.0 Å². The molecule has 2 aromatic rings. The predicted molar refractivity (Wildman–Crippen MR) is 87.2 cm³/mol. The molecule has 6 heteroatoms. The fourth-order valence-electron chi connectivity index (χ4n) is 1.67. The average molecular weight is 377 g/mol. The zero-order chi connectivity index (χ0) is 14.4. The van der Waals surface area contributed by atoms with Crippen LogP contribution >= 0.6 is 38.9 Å². The molecule has 1 aromatic heterocycles. The number of hydrogen-bond acceptors (Lipinski definition) is 4. The fraction of sp³-hybridized carbons (Fsp3) is 0.286. The molecule has 1 heterocycles. The Balaban J connectivity index is 1.76. The van der Waals surface area contributed by atoms with Crippen molar-refractivity contribution in [1.82, 2.24) is 5.32 Å². The predicted octanol–water partition coefficient (Wildman–Crippen LogP) is 4.34. The lowest BCUT2D eigenvalue weighted by Crippen LogP contribution is -2.20. The molecule has 1 N–H and O–H groups in total. The zero-order valence-corrected chi connectivity index (χ0v) is 14.1. The van der Waals surface area contributed by atoms with Gasteiger partial charge in [-0.15, -0.1) is 11.3 Å². The summed E-state index contributed by atoms with van der Waals surface area (Å²) in [5.41, 5.74) is 0. The van der Waals surface area contributed by atoms with Crippen LogP contribution in [-0.2, 0) is 6.54 Å². The lowest BCUT2D eigenvalue weighted by atomic mass is 10.3. The van der Waals surface area contributed by atoms with Crippen LogP contribution in [0, 0.1) is 0 Å². The van der Waals surface area contributed by atoms with E-state index in [1.807, 2.05) is 30.3 Å². The molecule has 20 heavy (non-hydrogen) atoms. The van der Waals surface area contributed by atoms with Crippen LogP contribution < -0.4 is 14.8 Å². The molecule has 0 atom stereocenters. The van der Waals surface area contributed by atoms with Gasteiger partial charge in [0.05, 0.1) is 15.9 Å². The number of ether oxygens (including phenoxy) is 2. The van der Waals surface area contributed by atoms with Crippen molar-refractivity contribution in [3.63, 3.8) is 0 Å². The van der Waals surface area contributed by atoms with E-state index in [1.54, 1.807) is 18.4 Å². The van der Waals surface area contributed by atoms with Crippen LogP contribution in [-0.4, -0.2) is 20.3 Å². The molecule has 0 saturated heterocycles. The Morgan fingerprint density at radius 1 is 1.30 bits per heavy atom. The molecule has 0 spiro atoms. The smallest absolute Gasteiger partial charge is 0.175 e. The minimum Gasteiger partial charge on any atom is -0.493 e. The fourth-order valence-corrected chi connectivity index (χ4v) is 3.19. The summed E-state index contributed by atoms with van der Waals surface area (Å²) in [6.07, 6.45) is 0. The molecule has 2 rings (SSSR count). The monoisotopic (exact) mass is 375 g/mol. The third-order valence-electron chi connectivity index (χ3n) is 2.60. The topological polar surface area (TPSA) is 30.5 Å². The second-order valence-corrected chi connectivity index (χ2v) is 6.66. The van der Waals surface area contributed by atoms with E-state index in [9.17, 15) is 0 Å². The SMILES string of the molecule is COc1cccc(Br)c1OCCNCc1ccc(Cl)s1. The van der Waals surface area contributed by atoms with Crippen LogP contribution in [0.1, 0.15) is 4.88 Å². The van der Waals surface area contributed by atoms with Gasteiger partial charge >= 0.3 is 0 Å². The van der Waals surface area contributed by atoms with Crippen molar-refractivity contribution < 1.29 is 9.47 Å². The van der Waals surface area contributed by atoms with Crippen molar-refractivity contribution in [2.75, 3.05) is 20.3 Å². The van der Waals surface area contributed by atoms with Crippen molar-refractivity contribution in [3.05, 3.63) is 44.0 Å². The second-order valence-electron chi connectivity index (χ2n) is 4.00. The van der Waals surface area contributed by atoms with Crippen molar-refractivity contribution in [3.8, 4) is 11.5 Å². The van der Waals surface area contributed by atoms with Gasteiger partial charge in [-0.25, -0.2) is 0 Å². The van der Waals surface area contributed by atoms with Gasteiger partial charge in [-0.1, -0.05) is 17.7 Å². The van der Waals surface area contributed by atoms with Crippen LogP contribution in [0.25, 0.3) is 0 Å². The summed E-state index contributed by atoms with van der Waals surface area (Å²) >= 11 is 10.9. The number of halogens is 2. The number of rotatable bonds is 7. The van der Waals surface area contributed by atoms with E-state index < -0.39 is 0 Å². The molecule has 0 aliphatic carbocycles. The Hall–Kier alpha value is -0.750. The van der Waals surface area contributed by atoms with Crippen LogP contribution in [0.5, 0.6) is 11.5 Å². The van der Waals surface area contributed by atoms with Crippen LogP contribution in [0.15, 0.2) is 34.8 Å². The number of thiophene rings is 1. The quantitative estimate of drug-likeness (QED) is 0.729. The van der Waals surface area contributed by atoms with Gasteiger partial charge in [-0.2, -0.15) is 0 Å². The maximum atomic E-state index is 5.88. The van der Waals surface area contributed by atoms with Crippen LogP contribution in [0.2, 0.25) is 4.34 Å². The molecule has 0 amide bonds. The molecule has 0 unspecified atom stereocenters. The molecule has 3 nitrogen and oxygen atoms in total.